The van der Waals surface area contributed by atoms with E-state index in [-0.39, 0.29) is 18.6 Å². The summed E-state index contributed by atoms with van der Waals surface area (Å²) in [4.78, 5) is 18.0. The van der Waals surface area contributed by atoms with Gasteiger partial charge in [0, 0.05) is 27.2 Å². The van der Waals surface area contributed by atoms with Crippen molar-refractivity contribution in [2.75, 3.05) is 40.9 Å². The first-order valence-electron chi connectivity index (χ1n) is 9.39. The van der Waals surface area contributed by atoms with Crippen LogP contribution in [-0.4, -0.2) is 63.8 Å². The molecule has 0 heterocycles. The van der Waals surface area contributed by atoms with E-state index >= 15 is 0 Å². The van der Waals surface area contributed by atoms with Gasteiger partial charge in [-0.15, -0.1) is 0 Å². The summed E-state index contributed by atoms with van der Waals surface area (Å²) in [6.45, 7) is 6.32. The second kappa shape index (κ2) is 13.0. The van der Waals surface area contributed by atoms with Gasteiger partial charge in [-0.1, -0.05) is 12.1 Å². The van der Waals surface area contributed by atoms with E-state index in [0.717, 1.165) is 37.3 Å². The Labute approximate surface area is 163 Å². The van der Waals surface area contributed by atoms with E-state index in [0.29, 0.717) is 12.5 Å². The first-order valence-corrected chi connectivity index (χ1v) is 9.39. The van der Waals surface area contributed by atoms with Crippen LogP contribution in [0.1, 0.15) is 32.3 Å². The van der Waals surface area contributed by atoms with Gasteiger partial charge in [-0.2, -0.15) is 0 Å². The van der Waals surface area contributed by atoms with E-state index in [4.69, 9.17) is 9.47 Å². The summed E-state index contributed by atoms with van der Waals surface area (Å²) in [7, 11) is 5.12. The molecule has 7 heteroatoms. The summed E-state index contributed by atoms with van der Waals surface area (Å²) in [6, 6.07) is 7.79. The summed E-state index contributed by atoms with van der Waals surface area (Å²) < 4.78 is 10.7. The maximum Gasteiger partial charge on any atom is 0.241 e. The Morgan fingerprint density at radius 3 is 2.44 bits per heavy atom. The molecule has 0 saturated carbocycles. The topological polar surface area (TPSA) is 75.2 Å². The largest absolute Gasteiger partial charge is 0.497 e. The Morgan fingerprint density at radius 2 is 1.85 bits per heavy atom. The van der Waals surface area contributed by atoms with Crippen LogP contribution >= 0.6 is 0 Å². The number of ether oxygens (including phenoxy) is 2. The predicted molar refractivity (Wildman–Crippen MR) is 109 cm³/mol. The lowest BCUT2D eigenvalue weighted by atomic mass is 10.2. The Balaban J connectivity index is 2.53. The van der Waals surface area contributed by atoms with Gasteiger partial charge in [0.15, 0.2) is 5.96 Å². The molecule has 1 aromatic rings. The molecule has 152 valence electrons. The van der Waals surface area contributed by atoms with E-state index in [1.807, 2.05) is 38.1 Å². The van der Waals surface area contributed by atoms with Crippen LogP contribution in [0.3, 0.4) is 0 Å². The van der Waals surface area contributed by atoms with Gasteiger partial charge in [0.1, 0.15) is 5.75 Å². The summed E-state index contributed by atoms with van der Waals surface area (Å²) in [5, 5.41) is 6.38. The molecule has 0 aliphatic rings. The number of aliphatic imine (C=N–C) groups is 1. The number of hydrogen-bond acceptors (Lipinski definition) is 4. The highest BCUT2D eigenvalue weighted by Crippen LogP contribution is 2.11. The van der Waals surface area contributed by atoms with Crippen molar-refractivity contribution < 1.29 is 14.3 Å². The van der Waals surface area contributed by atoms with Crippen LogP contribution in [0, 0.1) is 0 Å². The van der Waals surface area contributed by atoms with Crippen molar-refractivity contribution >= 4 is 11.9 Å². The molecule has 0 saturated heterocycles. The molecule has 0 aromatic heterocycles. The molecule has 1 rings (SSSR count). The molecule has 0 spiro atoms. The fourth-order valence-corrected chi connectivity index (χ4v) is 2.15. The van der Waals surface area contributed by atoms with Crippen LogP contribution in [0.15, 0.2) is 29.3 Å². The van der Waals surface area contributed by atoms with Crippen molar-refractivity contribution in [1.29, 1.82) is 0 Å². The van der Waals surface area contributed by atoms with E-state index < -0.39 is 0 Å². The zero-order chi connectivity index (χ0) is 20.1. The van der Waals surface area contributed by atoms with E-state index in [2.05, 4.69) is 15.6 Å². The average molecular weight is 379 g/mol. The van der Waals surface area contributed by atoms with Gasteiger partial charge in [0.2, 0.25) is 5.91 Å². The first kappa shape index (κ1) is 22.8. The lowest BCUT2D eigenvalue weighted by Crippen LogP contribution is -2.43. The first-order chi connectivity index (χ1) is 12.9. The SMILES string of the molecule is COc1ccc(CN=C(NCCCCOC(C)C)NCC(=O)N(C)C)cc1. The lowest BCUT2D eigenvalue weighted by molar-refractivity contribution is -0.127. The van der Waals surface area contributed by atoms with Gasteiger partial charge in [-0.25, -0.2) is 4.99 Å². The van der Waals surface area contributed by atoms with E-state index in [1.165, 1.54) is 0 Å². The molecule has 2 N–H and O–H groups in total. The Bertz CT molecular complexity index is 571. The van der Waals surface area contributed by atoms with Crippen LogP contribution in [-0.2, 0) is 16.1 Å². The van der Waals surface area contributed by atoms with E-state index in [9.17, 15) is 4.79 Å². The molecule has 0 atom stereocenters. The van der Waals surface area contributed by atoms with Gasteiger partial charge in [0.05, 0.1) is 26.3 Å². The van der Waals surface area contributed by atoms with Gasteiger partial charge in [-0.05, 0) is 44.4 Å². The number of amides is 1. The van der Waals surface area contributed by atoms with Gasteiger partial charge in [0.25, 0.3) is 0 Å². The van der Waals surface area contributed by atoms with Gasteiger partial charge >= 0.3 is 0 Å². The number of guanidine groups is 1. The second-order valence-electron chi connectivity index (χ2n) is 6.71. The summed E-state index contributed by atoms with van der Waals surface area (Å²) in [5.41, 5.74) is 1.07. The third-order valence-corrected chi connectivity index (χ3v) is 3.80. The number of hydrogen-bond donors (Lipinski definition) is 2. The Hall–Kier alpha value is -2.28. The number of rotatable bonds is 11. The molecule has 7 nitrogen and oxygen atoms in total. The molecular formula is C20H34N4O3. The van der Waals surface area contributed by atoms with Crippen molar-refractivity contribution in [3.05, 3.63) is 29.8 Å². The maximum atomic E-state index is 11.8. The zero-order valence-corrected chi connectivity index (χ0v) is 17.2. The number of nitrogens with zero attached hydrogens (tertiary/aromatic N) is 2. The molecule has 27 heavy (non-hydrogen) atoms. The quantitative estimate of drug-likeness (QED) is 0.350. The third-order valence-electron chi connectivity index (χ3n) is 3.80. The second-order valence-corrected chi connectivity index (χ2v) is 6.71. The smallest absolute Gasteiger partial charge is 0.241 e. The molecule has 0 aliphatic heterocycles. The monoisotopic (exact) mass is 378 g/mol. The molecule has 1 aromatic carbocycles. The fourth-order valence-electron chi connectivity index (χ4n) is 2.15. The average Bonchev–Trinajstić information content (AvgIpc) is 2.65. The van der Waals surface area contributed by atoms with Crippen molar-refractivity contribution in [3.8, 4) is 5.75 Å². The van der Waals surface area contributed by atoms with Crippen LogP contribution in [0.5, 0.6) is 5.75 Å². The minimum atomic E-state index is -0.000666. The molecule has 0 aliphatic carbocycles. The van der Waals surface area contributed by atoms with Crippen molar-refractivity contribution in [2.24, 2.45) is 4.99 Å². The number of methoxy groups -OCH3 is 1. The van der Waals surface area contributed by atoms with Crippen LogP contribution in [0.2, 0.25) is 0 Å². The highest BCUT2D eigenvalue weighted by Gasteiger charge is 2.06. The van der Waals surface area contributed by atoms with Crippen LogP contribution < -0.4 is 15.4 Å². The third kappa shape index (κ3) is 10.5. The number of carbonyl (C=O) groups excluding carboxylic acids is 1. The molecule has 1 amide bonds. The standard InChI is InChI=1S/C20H34N4O3/c1-16(2)27-13-7-6-12-21-20(23-15-19(25)24(3)4)22-14-17-8-10-18(26-5)11-9-17/h8-11,16H,6-7,12-15H2,1-5H3,(H2,21,22,23). The lowest BCUT2D eigenvalue weighted by Gasteiger charge is -2.15. The summed E-state index contributed by atoms with van der Waals surface area (Å²) in [6.07, 6.45) is 2.21. The number of nitrogens with one attached hydrogen (secondary N) is 2. The molecule has 0 radical (unpaired) electrons. The number of benzene rings is 1. The highest BCUT2D eigenvalue weighted by atomic mass is 16.5. The predicted octanol–water partition coefficient (Wildman–Crippen LogP) is 2.02. The Kier molecular flexibility index (Phi) is 10.9. The van der Waals surface area contributed by atoms with Crippen molar-refractivity contribution in [2.45, 2.75) is 39.3 Å². The zero-order valence-electron chi connectivity index (χ0n) is 17.2. The minimum absolute atomic E-state index is 0.000666. The minimum Gasteiger partial charge on any atom is -0.497 e. The molecule has 0 unspecified atom stereocenters. The Morgan fingerprint density at radius 1 is 1.15 bits per heavy atom. The van der Waals surface area contributed by atoms with Gasteiger partial charge < -0.3 is 25.0 Å². The van der Waals surface area contributed by atoms with E-state index in [1.54, 1.807) is 26.1 Å². The number of likely N-dealkylation sites (N-methyl/N-ethyl adjacent to an activating group) is 1. The fraction of sp³-hybridized carbons (Fsp3) is 0.600. The van der Waals surface area contributed by atoms with Gasteiger partial charge in [-0.3, -0.25) is 4.79 Å². The maximum absolute atomic E-state index is 11.8. The molecular weight excluding hydrogens is 344 g/mol. The number of unbranched alkanes of at least 4 members (excludes halogenated alkanes) is 1. The number of carbonyl (C=O) groups is 1. The summed E-state index contributed by atoms with van der Waals surface area (Å²) >= 11 is 0. The molecule has 0 fully saturated rings. The molecule has 0 bridgehead atoms. The normalized spacial score (nSPS) is 11.4. The van der Waals surface area contributed by atoms with Crippen LogP contribution in [0.4, 0.5) is 0 Å². The summed E-state index contributed by atoms with van der Waals surface area (Å²) in [5.74, 6) is 1.45. The highest BCUT2D eigenvalue weighted by molar-refractivity contribution is 5.86. The van der Waals surface area contributed by atoms with Crippen molar-refractivity contribution in [3.63, 3.8) is 0 Å². The van der Waals surface area contributed by atoms with Crippen LogP contribution in [0.25, 0.3) is 0 Å². The van der Waals surface area contributed by atoms with Crippen molar-refractivity contribution in [1.82, 2.24) is 15.5 Å².